The van der Waals surface area contributed by atoms with Crippen molar-refractivity contribution in [3.63, 3.8) is 0 Å². The molecule has 0 bridgehead atoms. The molecule has 9 heteroatoms. The maximum Gasteiger partial charge on any atom is 0.259 e. The molecule has 3 heterocycles. The van der Waals surface area contributed by atoms with Crippen molar-refractivity contribution in [2.45, 2.75) is 38.6 Å². The van der Waals surface area contributed by atoms with Gasteiger partial charge in [-0.15, -0.1) is 0 Å². The van der Waals surface area contributed by atoms with Crippen LogP contribution in [0.15, 0.2) is 30.5 Å². The molecule has 1 aromatic carbocycles. The number of methoxy groups -OCH3 is 1. The zero-order chi connectivity index (χ0) is 22.7. The average Bonchev–Trinajstić information content (AvgIpc) is 3.43. The van der Waals surface area contributed by atoms with Gasteiger partial charge in [-0.1, -0.05) is 12.1 Å². The molecule has 0 radical (unpaired) electrons. The number of aromatic nitrogens is 2. The summed E-state index contributed by atoms with van der Waals surface area (Å²) in [6.45, 7) is 3.11. The smallest absolute Gasteiger partial charge is 0.259 e. The van der Waals surface area contributed by atoms with Crippen LogP contribution in [0.5, 0.6) is 5.75 Å². The number of nitrogens with one attached hydrogen (secondary N) is 1. The number of benzene rings is 1. The van der Waals surface area contributed by atoms with Crippen LogP contribution in [-0.4, -0.2) is 64.2 Å². The lowest BCUT2D eigenvalue weighted by molar-refractivity contribution is -0.139. The van der Waals surface area contributed by atoms with Gasteiger partial charge in [0.25, 0.3) is 5.91 Å². The van der Waals surface area contributed by atoms with E-state index < -0.39 is 0 Å². The number of hydrogen-bond donors (Lipinski definition) is 1. The third kappa shape index (κ3) is 4.42. The zero-order valence-corrected chi connectivity index (χ0v) is 18.3. The van der Waals surface area contributed by atoms with Crippen LogP contribution in [0.4, 0.5) is 5.69 Å². The number of aryl methyl sites for hydroxylation is 1. The minimum Gasteiger partial charge on any atom is -0.495 e. The lowest BCUT2D eigenvalue weighted by Crippen LogP contribution is -2.40. The standard InChI is InChI=1S/C23H27N5O4/c1-15-16(23(31)26-17-7-3-4-9-19(17)32-2)13-24-22(25-15)18-8-5-12-28(18)21(30)14-27-11-6-10-20(27)29/h3-4,7,9,13,18H,5-6,8,10-12,14H2,1-2H3,(H,26,31)/t18-/m0/s1. The van der Waals surface area contributed by atoms with Crippen LogP contribution in [0, 0.1) is 6.92 Å². The molecule has 0 aliphatic carbocycles. The first-order chi connectivity index (χ1) is 15.5. The molecule has 4 rings (SSSR count). The molecule has 0 saturated carbocycles. The topological polar surface area (TPSA) is 105 Å². The van der Waals surface area contributed by atoms with Gasteiger partial charge in [0.2, 0.25) is 11.8 Å². The lowest BCUT2D eigenvalue weighted by atomic mass is 10.1. The number of rotatable bonds is 6. The summed E-state index contributed by atoms with van der Waals surface area (Å²) >= 11 is 0. The van der Waals surface area contributed by atoms with E-state index in [0.717, 1.165) is 19.3 Å². The molecule has 2 saturated heterocycles. The maximum absolute atomic E-state index is 12.9. The molecule has 1 aromatic heterocycles. The Labute approximate surface area is 186 Å². The number of carbonyl (C=O) groups excluding carboxylic acids is 3. The molecular formula is C23H27N5O4. The first-order valence-corrected chi connectivity index (χ1v) is 10.8. The molecule has 2 aliphatic heterocycles. The number of hydrogen-bond acceptors (Lipinski definition) is 6. The van der Waals surface area contributed by atoms with Crippen molar-refractivity contribution in [3.8, 4) is 5.75 Å². The Morgan fingerprint density at radius 3 is 2.75 bits per heavy atom. The second-order valence-electron chi connectivity index (χ2n) is 8.05. The monoisotopic (exact) mass is 437 g/mol. The number of carbonyl (C=O) groups is 3. The molecule has 0 spiro atoms. The van der Waals surface area contributed by atoms with Gasteiger partial charge >= 0.3 is 0 Å². The average molecular weight is 438 g/mol. The largest absolute Gasteiger partial charge is 0.495 e. The van der Waals surface area contributed by atoms with Crippen molar-refractivity contribution in [2.24, 2.45) is 0 Å². The second-order valence-corrected chi connectivity index (χ2v) is 8.05. The van der Waals surface area contributed by atoms with Gasteiger partial charge in [-0.2, -0.15) is 0 Å². The Bertz CT molecular complexity index is 1040. The summed E-state index contributed by atoms with van der Waals surface area (Å²) < 4.78 is 5.28. The molecule has 3 amide bonds. The highest BCUT2D eigenvalue weighted by Crippen LogP contribution is 2.31. The number of ether oxygens (including phenoxy) is 1. The number of anilines is 1. The van der Waals surface area contributed by atoms with Crippen molar-refractivity contribution in [2.75, 3.05) is 32.1 Å². The van der Waals surface area contributed by atoms with Crippen molar-refractivity contribution >= 4 is 23.4 Å². The van der Waals surface area contributed by atoms with Crippen molar-refractivity contribution < 1.29 is 19.1 Å². The fourth-order valence-electron chi connectivity index (χ4n) is 4.26. The highest BCUT2D eigenvalue weighted by molar-refractivity contribution is 6.05. The van der Waals surface area contributed by atoms with Crippen LogP contribution in [0.25, 0.3) is 0 Å². The van der Waals surface area contributed by atoms with Gasteiger partial charge in [0, 0.05) is 25.7 Å². The highest BCUT2D eigenvalue weighted by atomic mass is 16.5. The van der Waals surface area contributed by atoms with E-state index in [1.807, 2.05) is 12.1 Å². The molecule has 32 heavy (non-hydrogen) atoms. The van der Waals surface area contributed by atoms with Crippen molar-refractivity contribution in [1.82, 2.24) is 19.8 Å². The van der Waals surface area contributed by atoms with Crippen LogP contribution >= 0.6 is 0 Å². The molecule has 1 N–H and O–H groups in total. The zero-order valence-electron chi connectivity index (χ0n) is 18.3. The Morgan fingerprint density at radius 1 is 1.22 bits per heavy atom. The van der Waals surface area contributed by atoms with Crippen LogP contribution in [-0.2, 0) is 9.59 Å². The Hall–Kier alpha value is -3.49. The van der Waals surface area contributed by atoms with Crippen molar-refractivity contribution in [1.29, 1.82) is 0 Å². The van der Waals surface area contributed by atoms with E-state index in [2.05, 4.69) is 15.3 Å². The lowest BCUT2D eigenvalue weighted by Gasteiger charge is -2.26. The third-order valence-corrected chi connectivity index (χ3v) is 5.97. The van der Waals surface area contributed by atoms with E-state index in [1.165, 1.54) is 6.20 Å². The predicted octanol–water partition coefficient (Wildman–Crippen LogP) is 2.33. The number of para-hydroxylation sites is 2. The van der Waals surface area contributed by atoms with E-state index in [0.29, 0.717) is 48.0 Å². The minimum atomic E-state index is -0.328. The van der Waals surface area contributed by atoms with Gasteiger partial charge in [0.05, 0.1) is 36.6 Å². The number of likely N-dealkylation sites (tertiary alicyclic amines) is 2. The van der Waals surface area contributed by atoms with E-state index >= 15 is 0 Å². The Balaban J connectivity index is 1.47. The number of nitrogens with zero attached hydrogens (tertiary/aromatic N) is 4. The second kappa shape index (κ2) is 9.33. The van der Waals surface area contributed by atoms with E-state index in [-0.39, 0.29) is 30.3 Å². The molecule has 1 atom stereocenters. The molecule has 2 aromatic rings. The first kappa shape index (κ1) is 21.7. The van der Waals surface area contributed by atoms with Crippen LogP contribution in [0.2, 0.25) is 0 Å². The van der Waals surface area contributed by atoms with Gasteiger partial charge in [0.1, 0.15) is 5.75 Å². The van der Waals surface area contributed by atoms with Gasteiger partial charge in [-0.3, -0.25) is 14.4 Å². The summed E-state index contributed by atoms with van der Waals surface area (Å²) in [5.74, 6) is 0.710. The molecule has 168 valence electrons. The fraction of sp³-hybridized carbons (Fsp3) is 0.435. The van der Waals surface area contributed by atoms with Crippen LogP contribution in [0.3, 0.4) is 0 Å². The summed E-state index contributed by atoms with van der Waals surface area (Å²) in [5.41, 5.74) is 1.46. The van der Waals surface area contributed by atoms with E-state index in [9.17, 15) is 14.4 Å². The molecular weight excluding hydrogens is 410 g/mol. The summed E-state index contributed by atoms with van der Waals surface area (Å²) in [6, 6.07) is 6.92. The normalized spacial score (nSPS) is 18.2. The maximum atomic E-state index is 12.9. The fourth-order valence-corrected chi connectivity index (χ4v) is 4.26. The number of amides is 3. The highest BCUT2D eigenvalue weighted by Gasteiger charge is 2.34. The third-order valence-electron chi connectivity index (χ3n) is 5.97. The Kier molecular flexibility index (Phi) is 6.34. The van der Waals surface area contributed by atoms with Crippen LogP contribution < -0.4 is 10.1 Å². The SMILES string of the molecule is COc1ccccc1NC(=O)c1cnc([C@@H]2CCCN2C(=O)CN2CCCC2=O)nc1C. The summed E-state index contributed by atoms with van der Waals surface area (Å²) in [4.78, 5) is 49.9. The predicted molar refractivity (Wildman–Crippen MR) is 117 cm³/mol. The van der Waals surface area contributed by atoms with Gasteiger partial charge in [-0.05, 0) is 38.3 Å². The van der Waals surface area contributed by atoms with Crippen LogP contribution in [0.1, 0.15) is 53.6 Å². The van der Waals surface area contributed by atoms with Gasteiger partial charge in [0.15, 0.2) is 5.82 Å². The van der Waals surface area contributed by atoms with Crippen molar-refractivity contribution in [3.05, 3.63) is 47.5 Å². The quantitative estimate of drug-likeness (QED) is 0.744. The molecule has 2 fully saturated rings. The van der Waals surface area contributed by atoms with Gasteiger partial charge in [-0.25, -0.2) is 9.97 Å². The molecule has 9 nitrogen and oxygen atoms in total. The first-order valence-electron chi connectivity index (χ1n) is 10.8. The van der Waals surface area contributed by atoms with Gasteiger partial charge < -0.3 is 19.9 Å². The van der Waals surface area contributed by atoms with E-state index in [1.54, 1.807) is 36.0 Å². The summed E-state index contributed by atoms with van der Waals surface area (Å²) in [7, 11) is 1.54. The van der Waals surface area contributed by atoms with E-state index in [4.69, 9.17) is 4.74 Å². The summed E-state index contributed by atoms with van der Waals surface area (Å²) in [6.07, 6.45) is 4.43. The molecule has 2 aliphatic rings. The Morgan fingerprint density at radius 2 is 2.03 bits per heavy atom. The summed E-state index contributed by atoms with van der Waals surface area (Å²) in [5, 5.41) is 2.83. The molecule has 0 unspecified atom stereocenters. The minimum absolute atomic E-state index is 0.0339.